The lowest BCUT2D eigenvalue weighted by molar-refractivity contribution is 0.564. The maximum atomic E-state index is 5.87. The third kappa shape index (κ3) is 2.43. The molecule has 0 amide bonds. The molecule has 2 N–H and O–H groups in total. The summed E-state index contributed by atoms with van der Waals surface area (Å²) in [5.74, 6) is 1.05. The fourth-order valence-electron chi connectivity index (χ4n) is 1.73. The molecule has 4 nitrogen and oxygen atoms in total. The number of aryl methyl sites for hydroxylation is 1. The molecular weight excluding hydrogens is 327 g/mol. The first kappa shape index (κ1) is 12.3. The van der Waals surface area contributed by atoms with Crippen molar-refractivity contribution in [3.8, 4) is 0 Å². The Morgan fingerprint density at radius 2 is 2.35 bits per heavy atom. The zero-order valence-corrected chi connectivity index (χ0v) is 11.9. The van der Waals surface area contributed by atoms with E-state index in [1.807, 2.05) is 6.08 Å². The number of allylic oxidation sites excluding steroid dienone is 1. The van der Waals surface area contributed by atoms with Gasteiger partial charge in [0, 0.05) is 16.3 Å². The van der Waals surface area contributed by atoms with Gasteiger partial charge in [-0.25, -0.2) is 9.97 Å². The highest BCUT2D eigenvalue weighted by Crippen LogP contribution is 2.25. The van der Waals surface area contributed by atoms with E-state index in [0.29, 0.717) is 11.7 Å². The predicted octanol–water partition coefficient (Wildman–Crippen LogP) is 2.83. The Labute approximate surface area is 114 Å². The van der Waals surface area contributed by atoms with Crippen molar-refractivity contribution in [2.45, 2.75) is 19.9 Å². The van der Waals surface area contributed by atoms with E-state index in [-0.39, 0.29) is 0 Å². The average Bonchev–Trinajstić information content (AvgIpc) is 2.64. The van der Waals surface area contributed by atoms with E-state index in [0.717, 1.165) is 27.6 Å². The normalized spacial score (nSPS) is 12.8. The van der Waals surface area contributed by atoms with Crippen molar-refractivity contribution >= 4 is 39.4 Å². The number of hydrogen-bond acceptors (Lipinski definition) is 3. The van der Waals surface area contributed by atoms with Gasteiger partial charge in [0.25, 0.3) is 0 Å². The topological polar surface area (TPSA) is 56.7 Å². The summed E-state index contributed by atoms with van der Waals surface area (Å²) in [4.78, 5) is 8.33. The number of nitrogen functional groups attached to an aromatic ring is 1. The molecule has 5 heteroatoms. The smallest absolute Gasteiger partial charge is 0.146 e. The van der Waals surface area contributed by atoms with E-state index >= 15 is 0 Å². The van der Waals surface area contributed by atoms with Gasteiger partial charge in [-0.3, -0.25) is 0 Å². The monoisotopic (exact) mass is 342 g/mol. The van der Waals surface area contributed by atoms with E-state index in [1.54, 1.807) is 0 Å². The van der Waals surface area contributed by atoms with Gasteiger partial charge in [0.05, 0.1) is 5.39 Å². The van der Waals surface area contributed by atoms with Crippen LogP contribution in [0, 0.1) is 9.49 Å². The molecule has 0 unspecified atom stereocenters. The van der Waals surface area contributed by atoms with Crippen molar-refractivity contribution in [1.29, 1.82) is 0 Å². The van der Waals surface area contributed by atoms with Crippen LogP contribution in [-0.4, -0.2) is 14.5 Å². The van der Waals surface area contributed by atoms with Crippen LogP contribution in [0.15, 0.2) is 25.2 Å². The number of hydrogen-bond donors (Lipinski definition) is 1. The molecule has 1 atom stereocenters. The van der Waals surface area contributed by atoms with Crippen molar-refractivity contribution in [3.63, 3.8) is 0 Å². The quantitative estimate of drug-likeness (QED) is 0.687. The van der Waals surface area contributed by atoms with E-state index in [9.17, 15) is 0 Å². The molecule has 0 aliphatic rings. The number of nitrogens with zero attached hydrogens (tertiary/aromatic N) is 3. The Hall–Kier alpha value is -1.11. The first-order valence-electron chi connectivity index (χ1n) is 5.51. The van der Waals surface area contributed by atoms with E-state index in [4.69, 9.17) is 5.73 Å². The van der Waals surface area contributed by atoms with Gasteiger partial charge in [-0.05, 0) is 34.9 Å². The van der Waals surface area contributed by atoms with Gasteiger partial charge in [0.15, 0.2) is 0 Å². The fraction of sp³-hybridized carbons (Fsp3) is 0.333. The van der Waals surface area contributed by atoms with Gasteiger partial charge in [-0.2, -0.15) is 0 Å². The number of anilines is 1. The van der Waals surface area contributed by atoms with E-state index in [2.05, 4.69) is 56.8 Å². The minimum Gasteiger partial charge on any atom is -0.383 e. The molecule has 90 valence electrons. The van der Waals surface area contributed by atoms with Crippen molar-refractivity contribution in [2.75, 3.05) is 5.73 Å². The zero-order chi connectivity index (χ0) is 12.4. The van der Waals surface area contributed by atoms with Crippen LogP contribution in [0.25, 0.3) is 11.0 Å². The van der Waals surface area contributed by atoms with Gasteiger partial charge >= 0.3 is 0 Å². The Morgan fingerprint density at radius 1 is 1.59 bits per heavy atom. The van der Waals surface area contributed by atoms with Crippen LogP contribution in [0.3, 0.4) is 0 Å². The van der Waals surface area contributed by atoms with Crippen LogP contribution in [0.2, 0.25) is 0 Å². The lowest BCUT2D eigenvalue weighted by atomic mass is 10.1. The first-order chi connectivity index (χ1) is 8.13. The molecule has 0 bridgehead atoms. The number of aromatic nitrogens is 3. The van der Waals surface area contributed by atoms with Crippen LogP contribution >= 0.6 is 22.6 Å². The molecule has 0 spiro atoms. The van der Waals surface area contributed by atoms with Crippen molar-refractivity contribution in [2.24, 2.45) is 5.92 Å². The highest BCUT2D eigenvalue weighted by molar-refractivity contribution is 14.1. The molecular formula is C12H15IN4. The Kier molecular flexibility index (Phi) is 3.66. The average molecular weight is 342 g/mol. The van der Waals surface area contributed by atoms with Crippen LogP contribution in [0.5, 0.6) is 0 Å². The molecule has 0 saturated heterocycles. The van der Waals surface area contributed by atoms with Crippen molar-refractivity contribution in [3.05, 3.63) is 28.7 Å². The predicted molar refractivity (Wildman–Crippen MR) is 78.6 cm³/mol. The summed E-state index contributed by atoms with van der Waals surface area (Å²) in [5, 5.41) is 0.958. The lowest BCUT2D eigenvalue weighted by Crippen LogP contribution is -2.02. The summed E-state index contributed by atoms with van der Waals surface area (Å²) >= 11 is 2.27. The second-order valence-electron chi connectivity index (χ2n) is 4.13. The summed E-state index contributed by atoms with van der Waals surface area (Å²) in [5.41, 5.74) is 6.78. The zero-order valence-electron chi connectivity index (χ0n) is 9.73. The molecule has 2 aromatic heterocycles. The maximum absolute atomic E-state index is 5.87. The van der Waals surface area contributed by atoms with E-state index in [1.165, 1.54) is 6.33 Å². The van der Waals surface area contributed by atoms with Gasteiger partial charge < -0.3 is 10.3 Å². The van der Waals surface area contributed by atoms with Crippen LogP contribution < -0.4 is 5.73 Å². The van der Waals surface area contributed by atoms with Gasteiger partial charge in [-0.1, -0.05) is 13.0 Å². The summed E-state index contributed by atoms with van der Waals surface area (Å²) in [6.07, 6.45) is 6.61. The molecule has 2 rings (SSSR count). The third-order valence-corrected chi connectivity index (χ3v) is 3.68. The van der Waals surface area contributed by atoms with Gasteiger partial charge in [0.1, 0.15) is 17.8 Å². The molecule has 0 radical (unpaired) electrons. The van der Waals surface area contributed by atoms with Crippen molar-refractivity contribution in [1.82, 2.24) is 14.5 Å². The van der Waals surface area contributed by atoms with Crippen LogP contribution in [0.1, 0.15) is 13.3 Å². The second kappa shape index (κ2) is 5.03. The minimum atomic E-state index is 0.504. The highest BCUT2D eigenvalue weighted by Gasteiger charge is 2.11. The molecule has 2 aromatic rings. The minimum absolute atomic E-state index is 0.504. The number of nitrogens with two attached hydrogens (primary N) is 1. The molecule has 2 heterocycles. The largest absolute Gasteiger partial charge is 0.383 e. The molecule has 0 aliphatic carbocycles. The molecule has 0 aliphatic heterocycles. The number of rotatable bonds is 4. The first-order valence-corrected chi connectivity index (χ1v) is 6.58. The standard InChI is InChI=1S/C12H15IN4/c1-3-8(2)4-5-17-6-9(13)10-11(14)15-7-16-12(10)17/h3,6-8H,1,4-5H2,2H3,(H2,14,15,16)/t8-/m0/s1. The molecule has 17 heavy (non-hydrogen) atoms. The van der Waals surface area contributed by atoms with Crippen LogP contribution in [-0.2, 0) is 6.54 Å². The Balaban J connectivity index is 2.35. The summed E-state index contributed by atoms with van der Waals surface area (Å²) in [6.45, 7) is 6.88. The van der Waals surface area contributed by atoms with Crippen molar-refractivity contribution < 1.29 is 0 Å². The highest BCUT2D eigenvalue weighted by atomic mass is 127. The van der Waals surface area contributed by atoms with Gasteiger partial charge in [-0.15, -0.1) is 6.58 Å². The summed E-state index contributed by atoms with van der Waals surface area (Å²) < 4.78 is 3.23. The fourth-order valence-corrected chi connectivity index (χ4v) is 2.58. The Bertz CT molecular complexity index is 547. The third-order valence-electron chi connectivity index (χ3n) is 2.86. The Morgan fingerprint density at radius 3 is 3.06 bits per heavy atom. The summed E-state index contributed by atoms with van der Waals surface area (Å²) in [7, 11) is 0. The maximum Gasteiger partial charge on any atom is 0.146 e. The van der Waals surface area contributed by atoms with E-state index < -0.39 is 0 Å². The lowest BCUT2D eigenvalue weighted by Gasteiger charge is -2.07. The number of halogens is 1. The summed E-state index contributed by atoms with van der Waals surface area (Å²) in [6, 6.07) is 0. The molecule has 0 saturated carbocycles. The molecule has 0 fully saturated rings. The number of fused-ring (bicyclic) bond motifs is 1. The van der Waals surface area contributed by atoms with Gasteiger partial charge in [0.2, 0.25) is 0 Å². The van der Waals surface area contributed by atoms with Crippen LogP contribution in [0.4, 0.5) is 5.82 Å². The molecule has 0 aromatic carbocycles. The SMILES string of the molecule is C=C[C@H](C)CCn1cc(I)c2c(N)ncnc21. The second-order valence-corrected chi connectivity index (χ2v) is 5.29.